The van der Waals surface area contributed by atoms with Gasteiger partial charge in [-0.1, -0.05) is 18.2 Å². The zero-order valence-electron chi connectivity index (χ0n) is 9.85. The molecule has 3 nitrogen and oxygen atoms in total. The number of thioether (sulfide) groups is 1. The van der Waals surface area contributed by atoms with Gasteiger partial charge in [-0.15, -0.1) is 11.8 Å². The van der Waals surface area contributed by atoms with Gasteiger partial charge in [-0.2, -0.15) is 0 Å². The molecule has 0 radical (unpaired) electrons. The summed E-state index contributed by atoms with van der Waals surface area (Å²) in [6.45, 7) is 1.42. The Hall–Kier alpha value is -0.520. The van der Waals surface area contributed by atoms with Gasteiger partial charge < -0.3 is 5.32 Å². The molecule has 1 aliphatic rings. The van der Waals surface area contributed by atoms with Crippen LogP contribution in [-0.4, -0.2) is 38.8 Å². The molecule has 1 aromatic rings. The van der Waals surface area contributed by atoms with Crippen molar-refractivity contribution < 1.29 is 8.42 Å². The SMILES string of the molecule is CS(=O)(=O)CCNCC1Cc2ccccc2S1. The summed E-state index contributed by atoms with van der Waals surface area (Å²) < 4.78 is 21.9. The van der Waals surface area contributed by atoms with E-state index < -0.39 is 9.84 Å². The Morgan fingerprint density at radius 2 is 2.18 bits per heavy atom. The molecule has 5 heteroatoms. The van der Waals surface area contributed by atoms with Crippen LogP contribution in [0, 0.1) is 0 Å². The van der Waals surface area contributed by atoms with E-state index in [1.54, 1.807) is 0 Å². The predicted molar refractivity (Wildman–Crippen MR) is 72.4 cm³/mol. The molecule has 1 unspecified atom stereocenters. The van der Waals surface area contributed by atoms with Crippen molar-refractivity contribution in [1.82, 2.24) is 5.32 Å². The molecule has 0 saturated heterocycles. The van der Waals surface area contributed by atoms with Gasteiger partial charge in [0.2, 0.25) is 0 Å². The Bertz CT molecular complexity index is 460. The molecule has 17 heavy (non-hydrogen) atoms. The Morgan fingerprint density at radius 1 is 1.41 bits per heavy atom. The first-order chi connectivity index (χ1) is 8.04. The van der Waals surface area contributed by atoms with E-state index in [9.17, 15) is 8.42 Å². The normalized spacial score (nSPS) is 19.2. The van der Waals surface area contributed by atoms with Gasteiger partial charge in [0.1, 0.15) is 9.84 Å². The maximum atomic E-state index is 11.0. The molecular formula is C12H17NO2S2. The molecule has 1 heterocycles. The molecule has 0 aromatic heterocycles. The molecule has 1 atom stereocenters. The highest BCUT2D eigenvalue weighted by Gasteiger charge is 2.21. The molecule has 0 aliphatic carbocycles. The summed E-state index contributed by atoms with van der Waals surface area (Å²) in [4.78, 5) is 1.36. The lowest BCUT2D eigenvalue weighted by molar-refractivity contribution is 0.595. The van der Waals surface area contributed by atoms with Crippen LogP contribution in [0.25, 0.3) is 0 Å². The average Bonchev–Trinajstić information content (AvgIpc) is 2.65. The summed E-state index contributed by atoms with van der Waals surface area (Å²) in [5.74, 6) is 0.220. The minimum atomic E-state index is -2.84. The monoisotopic (exact) mass is 271 g/mol. The van der Waals surface area contributed by atoms with Crippen LogP contribution in [0.5, 0.6) is 0 Å². The summed E-state index contributed by atoms with van der Waals surface area (Å²) in [7, 11) is -2.84. The van der Waals surface area contributed by atoms with Crippen molar-refractivity contribution >= 4 is 21.6 Å². The Kier molecular flexibility index (Phi) is 4.12. The number of nitrogens with one attached hydrogen (secondary N) is 1. The molecule has 0 bridgehead atoms. The van der Waals surface area contributed by atoms with Crippen molar-refractivity contribution in [3.8, 4) is 0 Å². The second-order valence-corrected chi connectivity index (χ2v) is 7.99. The lowest BCUT2D eigenvalue weighted by atomic mass is 10.1. The number of sulfone groups is 1. The first-order valence-corrected chi connectivity index (χ1v) is 8.61. The fraction of sp³-hybridized carbons (Fsp3) is 0.500. The predicted octanol–water partition coefficient (Wildman–Crippen LogP) is 1.34. The van der Waals surface area contributed by atoms with Crippen LogP contribution in [0.15, 0.2) is 29.2 Å². The topological polar surface area (TPSA) is 46.2 Å². The van der Waals surface area contributed by atoms with Crippen LogP contribution in [0.3, 0.4) is 0 Å². The third-order valence-electron chi connectivity index (χ3n) is 2.74. The van der Waals surface area contributed by atoms with Gasteiger partial charge in [0.25, 0.3) is 0 Å². The van der Waals surface area contributed by atoms with Crippen molar-refractivity contribution in [2.45, 2.75) is 16.6 Å². The fourth-order valence-corrected chi connectivity index (χ4v) is 3.69. The Balaban J connectivity index is 1.74. The van der Waals surface area contributed by atoms with E-state index in [0.29, 0.717) is 11.8 Å². The average molecular weight is 271 g/mol. The van der Waals surface area contributed by atoms with Crippen LogP contribution in [0.4, 0.5) is 0 Å². The molecular weight excluding hydrogens is 254 g/mol. The number of rotatable bonds is 5. The van der Waals surface area contributed by atoms with Crippen molar-refractivity contribution in [1.29, 1.82) is 0 Å². The van der Waals surface area contributed by atoms with Crippen molar-refractivity contribution in [2.24, 2.45) is 0 Å². The third-order valence-corrected chi connectivity index (χ3v) is 5.00. The van der Waals surface area contributed by atoms with E-state index in [0.717, 1.165) is 13.0 Å². The van der Waals surface area contributed by atoms with E-state index in [1.807, 2.05) is 11.8 Å². The van der Waals surface area contributed by atoms with E-state index in [1.165, 1.54) is 16.7 Å². The van der Waals surface area contributed by atoms with Gasteiger partial charge >= 0.3 is 0 Å². The van der Waals surface area contributed by atoms with E-state index >= 15 is 0 Å². The summed E-state index contributed by atoms with van der Waals surface area (Å²) >= 11 is 1.88. The standard InChI is InChI=1S/C12H17NO2S2/c1-17(14,15)7-6-13-9-11-8-10-4-2-3-5-12(10)16-11/h2-5,11,13H,6-9H2,1H3. The lowest BCUT2D eigenvalue weighted by Crippen LogP contribution is -2.29. The first kappa shape index (κ1) is 12.9. The second-order valence-electron chi connectivity index (χ2n) is 4.39. The minimum absolute atomic E-state index is 0.220. The van der Waals surface area contributed by atoms with Gasteiger partial charge in [-0.3, -0.25) is 0 Å². The smallest absolute Gasteiger partial charge is 0.148 e. The van der Waals surface area contributed by atoms with Crippen molar-refractivity contribution in [2.75, 3.05) is 25.1 Å². The summed E-state index contributed by atoms with van der Waals surface area (Å²) in [6.07, 6.45) is 2.35. The van der Waals surface area contributed by atoms with Crippen molar-refractivity contribution in [3.63, 3.8) is 0 Å². The number of fused-ring (bicyclic) bond motifs is 1. The zero-order chi connectivity index (χ0) is 12.3. The molecule has 1 N–H and O–H groups in total. The van der Waals surface area contributed by atoms with E-state index in [2.05, 4.69) is 29.6 Å². The fourth-order valence-electron chi connectivity index (χ4n) is 1.89. The second kappa shape index (κ2) is 5.42. The highest BCUT2D eigenvalue weighted by atomic mass is 32.2. The first-order valence-electron chi connectivity index (χ1n) is 5.67. The molecule has 0 fully saturated rings. The maximum absolute atomic E-state index is 11.0. The molecule has 0 amide bonds. The summed E-state index contributed by atoms with van der Waals surface area (Å²) in [5.41, 5.74) is 1.41. The van der Waals surface area contributed by atoms with Crippen LogP contribution < -0.4 is 5.32 Å². The van der Waals surface area contributed by atoms with Crippen LogP contribution in [0.1, 0.15) is 5.56 Å². The van der Waals surface area contributed by atoms with Crippen LogP contribution >= 0.6 is 11.8 Å². The number of benzene rings is 1. The van der Waals surface area contributed by atoms with Gasteiger partial charge in [-0.25, -0.2) is 8.42 Å². The summed E-state index contributed by atoms with van der Waals surface area (Å²) in [6, 6.07) is 8.44. The largest absolute Gasteiger partial charge is 0.315 e. The Morgan fingerprint density at radius 3 is 2.88 bits per heavy atom. The van der Waals surface area contributed by atoms with Crippen LogP contribution in [0.2, 0.25) is 0 Å². The van der Waals surface area contributed by atoms with Gasteiger partial charge in [0.15, 0.2) is 0 Å². The number of hydrogen-bond donors (Lipinski definition) is 1. The molecule has 2 rings (SSSR count). The quantitative estimate of drug-likeness (QED) is 0.821. The van der Waals surface area contributed by atoms with E-state index in [4.69, 9.17) is 0 Å². The van der Waals surface area contributed by atoms with Gasteiger partial charge in [0.05, 0.1) is 5.75 Å². The third kappa shape index (κ3) is 4.01. The molecule has 1 aromatic carbocycles. The lowest BCUT2D eigenvalue weighted by Gasteiger charge is -2.09. The van der Waals surface area contributed by atoms with Crippen molar-refractivity contribution in [3.05, 3.63) is 29.8 Å². The van der Waals surface area contributed by atoms with Gasteiger partial charge in [-0.05, 0) is 18.1 Å². The summed E-state index contributed by atoms with van der Waals surface area (Å²) in [5, 5.41) is 3.75. The molecule has 1 aliphatic heterocycles. The Labute approximate surface area is 107 Å². The zero-order valence-corrected chi connectivity index (χ0v) is 11.5. The minimum Gasteiger partial charge on any atom is -0.315 e. The highest BCUT2D eigenvalue weighted by Crippen LogP contribution is 2.36. The molecule has 0 spiro atoms. The molecule has 0 saturated carbocycles. The van der Waals surface area contributed by atoms with E-state index in [-0.39, 0.29) is 5.75 Å². The maximum Gasteiger partial charge on any atom is 0.148 e. The van der Waals surface area contributed by atoms with Gasteiger partial charge in [0, 0.05) is 29.5 Å². The molecule has 94 valence electrons. The van der Waals surface area contributed by atoms with Crippen LogP contribution in [-0.2, 0) is 16.3 Å². The highest BCUT2D eigenvalue weighted by molar-refractivity contribution is 8.00. The number of hydrogen-bond acceptors (Lipinski definition) is 4.